The van der Waals surface area contributed by atoms with Crippen LogP contribution in [0, 0.1) is 0 Å². The number of nitrogens with zero attached hydrogens (tertiary/aromatic N) is 3. The van der Waals surface area contributed by atoms with Crippen LogP contribution in [0.1, 0.15) is 33.4 Å². The van der Waals surface area contributed by atoms with Crippen LogP contribution in [0.15, 0.2) is 0 Å². The van der Waals surface area contributed by atoms with Crippen molar-refractivity contribution >= 4 is 17.8 Å². The van der Waals surface area contributed by atoms with Crippen LogP contribution in [0.3, 0.4) is 0 Å². The number of rotatable bonds is 5. The quantitative estimate of drug-likeness (QED) is 0.503. The second-order valence-corrected chi connectivity index (χ2v) is 5.02. The maximum absolute atomic E-state index is 12.1. The minimum Gasteiger partial charge on any atom is -0.464 e. The van der Waals surface area contributed by atoms with E-state index in [1.165, 1.54) is 0 Å². The first-order chi connectivity index (χ1) is 10.9. The molecule has 0 bridgehead atoms. The van der Waals surface area contributed by atoms with Crippen LogP contribution in [-0.4, -0.2) is 76.0 Å². The van der Waals surface area contributed by atoms with Crippen molar-refractivity contribution < 1.29 is 34.1 Å². The van der Waals surface area contributed by atoms with E-state index in [4.69, 9.17) is 0 Å². The summed E-state index contributed by atoms with van der Waals surface area (Å²) >= 11 is 0. The predicted molar refractivity (Wildman–Crippen MR) is 71.4 cm³/mol. The van der Waals surface area contributed by atoms with Crippen molar-refractivity contribution in [3.05, 3.63) is 11.4 Å². The fourth-order valence-corrected chi connectivity index (χ4v) is 2.35. The first-order valence-electron chi connectivity index (χ1n) is 6.58. The molecule has 11 heteroatoms. The van der Waals surface area contributed by atoms with Gasteiger partial charge in [-0.25, -0.2) is 14.3 Å². The van der Waals surface area contributed by atoms with Crippen LogP contribution in [0.2, 0.25) is 0 Å². The van der Waals surface area contributed by atoms with Gasteiger partial charge in [-0.2, -0.15) is 0 Å². The lowest BCUT2D eigenvalue weighted by atomic mass is 9.98. The number of carbonyl (C=O) groups is 3. The Morgan fingerprint density at radius 1 is 1.30 bits per heavy atom. The van der Waals surface area contributed by atoms with Crippen LogP contribution < -0.4 is 5.32 Å². The lowest BCUT2D eigenvalue weighted by Gasteiger charge is -2.23. The lowest BCUT2D eigenvalue weighted by molar-refractivity contribution is -0.123. The first kappa shape index (κ1) is 16.8. The molecule has 1 aromatic heterocycles. The third kappa shape index (κ3) is 2.75. The van der Waals surface area contributed by atoms with Gasteiger partial charge in [-0.15, -0.1) is 5.10 Å². The molecule has 23 heavy (non-hydrogen) atoms. The fraction of sp³-hybridized carbons (Fsp3) is 0.583. The molecule has 126 valence electrons. The summed E-state index contributed by atoms with van der Waals surface area (Å²) in [6.45, 7) is -1.00. The van der Waals surface area contributed by atoms with Gasteiger partial charge in [-0.1, -0.05) is 5.21 Å². The number of aliphatic hydroxyl groups excluding tert-OH is 2. The Kier molecular flexibility index (Phi) is 4.61. The topological polar surface area (TPSA) is 153 Å². The van der Waals surface area contributed by atoms with E-state index >= 15 is 0 Å². The summed E-state index contributed by atoms with van der Waals surface area (Å²) in [5.74, 6) is -2.42. The molecule has 0 radical (unpaired) electrons. The van der Waals surface area contributed by atoms with E-state index in [1.807, 2.05) is 0 Å². The highest BCUT2D eigenvalue weighted by atomic mass is 16.5. The number of hydrogen-bond donors (Lipinski definition) is 3. The molecule has 1 atom stereocenters. The number of aliphatic hydroxyl groups is 2. The minimum atomic E-state index is -1.24. The molecular weight excluding hydrogens is 312 g/mol. The fourth-order valence-electron chi connectivity index (χ4n) is 2.35. The molecule has 2 rings (SSSR count). The summed E-state index contributed by atoms with van der Waals surface area (Å²) in [6.07, 6.45) is -0.0488. The number of esters is 2. The molecule has 0 saturated carbocycles. The molecule has 1 aliphatic rings. The van der Waals surface area contributed by atoms with Gasteiger partial charge in [0, 0.05) is 6.42 Å². The molecule has 11 nitrogen and oxygen atoms in total. The number of methoxy groups -OCH3 is 2. The zero-order valence-electron chi connectivity index (χ0n) is 12.5. The number of nitrogens with one attached hydrogen (secondary N) is 1. The predicted octanol–water partition coefficient (Wildman–Crippen LogP) is -2.36. The zero-order valence-corrected chi connectivity index (χ0v) is 12.5. The van der Waals surface area contributed by atoms with Crippen molar-refractivity contribution in [2.24, 2.45) is 0 Å². The van der Waals surface area contributed by atoms with Gasteiger partial charge in [-0.3, -0.25) is 4.79 Å². The Morgan fingerprint density at radius 3 is 2.39 bits per heavy atom. The Bertz CT molecular complexity index is 637. The molecule has 0 spiro atoms. The molecule has 0 aliphatic carbocycles. The van der Waals surface area contributed by atoms with Crippen LogP contribution >= 0.6 is 0 Å². The number of ether oxygens (including phenoxy) is 2. The zero-order chi connectivity index (χ0) is 17.2. The molecule has 2 heterocycles. The largest absolute Gasteiger partial charge is 0.464 e. The van der Waals surface area contributed by atoms with E-state index in [1.54, 1.807) is 0 Å². The molecule has 1 fully saturated rings. The highest BCUT2D eigenvalue weighted by Gasteiger charge is 2.47. The van der Waals surface area contributed by atoms with Gasteiger partial charge in [0.05, 0.1) is 33.0 Å². The van der Waals surface area contributed by atoms with Gasteiger partial charge in [0.1, 0.15) is 6.04 Å². The smallest absolute Gasteiger partial charge is 0.361 e. The van der Waals surface area contributed by atoms with Crippen LogP contribution in [0.5, 0.6) is 0 Å². The average molecular weight is 328 g/mol. The summed E-state index contributed by atoms with van der Waals surface area (Å²) in [5.41, 5.74) is -1.98. The Morgan fingerprint density at radius 2 is 1.91 bits per heavy atom. The Hall–Kier alpha value is -2.53. The molecule has 1 amide bonds. The lowest BCUT2D eigenvalue weighted by Crippen LogP contribution is -2.48. The van der Waals surface area contributed by atoms with Crippen LogP contribution in [-0.2, 0) is 14.3 Å². The first-order valence-corrected chi connectivity index (χ1v) is 6.58. The average Bonchev–Trinajstić information content (AvgIpc) is 3.14. The monoisotopic (exact) mass is 328 g/mol. The maximum Gasteiger partial charge on any atom is 0.361 e. The summed E-state index contributed by atoms with van der Waals surface area (Å²) < 4.78 is 10.0. The molecule has 0 aromatic carbocycles. The van der Waals surface area contributed by atoms with Gasteiger partial charge < -0.3 is 25.0 Å². The van der Waals surface area contributed by atoms with Crippen LogP contribution in [0.4, 0.5) is 0 Å². The minimum absolute atomic E-state index is 0.0488. The standard InChI is InChI=1S/C12H16N4O7/c1-22-10(20)7-8(11(21)23-2)16(15-14-7)6-3-12(4-17,5-18)13-9(6)19/h6,17-18H,3-5H2,1-2H3,(H,13,19)/t6-/m0/s1. The highest BCUT2D eigenvalue weighted by molar-refractivity contribution is 6.00. The summed E-state index contributed by atoms with van der Waals surface area (Å²) in [7, 11) is 2.20. The number of amides is 1. The highest BCUT2D eigenvalue weighted by Crippen LogP contribution is 2.30. The van der Waals surface area contributed by atoms with E-state index in [0.29, 0.717) is 0 Å². The third-order valence-electron chi connectivity index (χ3n) is 3.63. The molecule has 0 unspecified atom stereocenters. The van der Waals surface area contributed by atoms with Crippen LogP contribution in [0.25, 0.3) is 0 Å². The number of carbonyl (C=O) groups excluding carboxylic acids is 3. The van der Waals surface area contributed by atoms with E-state index in [0.717, 1.165) is 18.9 Å². The molecule has 1 saturated heterocycles. The SMILES string of the molecule is COC(=O)c1nnn([C@H]2CC(CO)(CO)NC2=O)c1C(=O)OC. The summed E-state index contributed by atoms with van der Waals surface area (Å²) in [4.78, 5) is 35.7. The van der Waals surface area contributed by atoms with E-state index < -0.39 is 48.3 Å². The van der Waals surface area contributed by atoms with Gasteiger partial charge in [-0.05, 0) is 0 Å². The van der Waals surface area contributed by atoms with E-state index in [9.17, 15) is 24.6 Å². The van der Waals surface area contributed by atoms with Gasteiger partial charge in [0.25, 0.3) is 0 Å². The van der Waals surface area contributed by atoms with E-state index in [-0.39, 0.29) is 12.1 Å². The number of hydrogen-bond acceptors (Lipinski definition) is 9. The maximum atomic E-state index is 12.1. The number of aromatic nitrogens is 3. The van der Waals surface area contributed by atoms with Gasteiger partial charge in [0.2, 0.25) is 11.6 Å². The summed E-state index contributed by atoms with van der Waals surface area (Å²) in [5, 5.41) is 28.4. The van der Waals surface area contributed by atoms with Crippen molar-refractivity contribution in [3.8, 4) is 0 Å². The normalized spacial score (nSPS) is 19.3. The summed E-state index contributed by atoms with van der Waals surface area (Å²) in [6, 6.07) is -1.05. The molecule has 1 aliphatic heterocycles. The third-order valence-corrected chi connectivity index (χ3v) is 3.63. The van der Waals surface area contributed by atoms with E-state index in [2.05, 4.69) is 25.1 Å². The van der Waals surface area contributed by atoms with Gasteiger partial charge >= 0.3 is 11.9 Å². The van der Waals surface area contributed by atoms with Crippen molar-refractivity contribution in [1.82, 2.24) is 20.3 Å². The van der Waals surface area contributed by atoms with Gasteiger partial charge in [0.15, 0.2) is 5.69 Å². The second kappa shape index (κ2) is 6.30. The van der Waals surface area contributed by atoms with Crippen molar-refractivity contribution in [3.63, 3.8) is 0 Å². The second-order valence-electron chi connectivity index (χ2n) is 5.02. The Balaban J connectivity index is 2.48. The Labute approximate surface area is 130 Å². The van der Waals surface area contributed by atoms with Crippen molar-refractivity contribution in [2.45, 2.75) is 18.0 Å². The molecule has 3 N–H and O–H groups in total. The molecule has 1 aromatic rings. The molecular formula is C12H16N4O7. The van der Waals surface area contributed by atoms with Crippen molar-refractivity contribution in [1.29, 1.82) is 0 Å². The van der Waals surface area contributed by atoms with Crippen molar-refractivity contribution in [2.75, 3.05) is 27.4 Å².